The van der Waals surface area contributed by atoms with Crippen LogP contribution in [0.5, 0.6) is 5.75 Å². The summed E-state index contributed by atoms with van der Waals surface area (Å²) in [5.74, 6) is 0.519. The van der Waals surface area contributed by atoms with Crippen molar-refractivity contribution in [3.8, 4) is 5.75 Å². The molecule has 1 fully saturated rings. The molecule has 1 heterocycles. The van der Waals surface area contributed by atoms with Gasteiger partial charge in [-0.2, -0.15) is 0 Å². The lowest BCUT2D eigenvalue weighted by Gasteiger charge is -2.39. The van der Waals surface area contributed by atoms with E-state index in [4.69, 9.17) is 4.74 Å². The van der Waals surface area contributed by atoms with Crippen molar-refractivity contribution < 1.29 is 9.66 Å². The molecule has 6 heteroatoms. The Morgan fingerprint density at radius 1 is 1.50 bits per heavy atom. The average Bonchev–Trinajstić information content (AvgIpc) is 2.14. The van der Waals surface area contributed by atoms with Gasteiger partial charge in [0.2, 0.25) is 0 Å². The van der Waals surface area contributed by atoms with Crippen LogP contribution in [0, 0.1) is 10.1 Å². The van der Waals surface area contributed by atoms with Gasteiger partial charge in [0, 0.05) is 23.6 Å². The van der Waals surface area contributed by atoms with Crippen LogP contribution in [0.25, 0.3) is 0 Å². The van der Waals surface area contributed by atoms with Crippen molar-refractivity contribution in [1.29, 1.82) is 0 Å². The van der Waals surface area contributed by atoms with Gasteiger partial charge in [0.15, 0.2) is 0 Å². The SMILES string of the molecule is CC1(Oc2cc(Br)cc([N+](=O)[O-])c2)CNC1. The van der Waals surface area contributed by atoms with E-state index in [1.165, 1.54) is 12.1 Å². The van der Waals surface area contributed by atoms with Crippen LogP contribution < -0.4 is 10.1 Å². The Bertz CT molecular complexity index is 432. The molecule has 5 nitrogen and oxygen atoms in total. The van der Waals surface area contributed by atoms with Crippen LogP contribution in [0.1, 0.15) is 6.92 Å². The van der Waals surface area contributed by atoms with E-state index in [0.29, 0.717) is 10.2 Å². The van der Waals surface area contributed by atoms with Crippen molar-refractivity contribution >= 4 is 21.6 Å². The first-order valence-electron chi connectivity index (χ1n) is 4.83. The van der Waals surface area contributed by atoms with Crippen molar-refractivity contribution in [1.82, 2.24) is 5.32 Å². The van der Waals surface area contributed by atoms with Crippen LogP contribution in [0.2, 0.25) is 0 Å². The predicted molar refractivity (Wildman–Crippen MR) is 62.7 cm³/mol. The van der Waals surface area contributed by atoms with Crippen molar-refractivity contribution in [2.45, 2.75) is 12.5 Å². The molecular weight excluding hydrogens is 276 g/mol. The van der Waals surface area contributed by atoms with Gasteiger partial charge in [-0.05, 0) is 13.0 Å². The fourth-order valence-electron chi connectivity index (χ4n) is 1.55. The number of rotatable bonds is 3. The molecule has 0 unspecified atom stereocenters. The number of benzene rings is 1. The van der Waals surface area contributed by atoms with E-state index in [-0.39, 0.29) is 11.3 Å². The molecule has 86 valence electrons. The second-order valence-electron chi connectivity index (χ2n) is 4.06. The maximum atomic E-state index is 10.7. The minimum Gasteiger partial charge on any atom is -0.485 e. The third-order valence-electron chi connectivity index (χ3n) is 2.43. The highest BCUT2D eigenvalue weighted by Gasteiger charge is 2.34. The van der Waals surface area contributed by atoms with Crippen molar-refractivity contribution in [2.24, 2.45) is 0 Å². The number of nitrogens with one attached hydrogen (secondary N) is 1. The number of nitrogens with zero attached hydrogens (tertiary/aromatic N) is 1. The van der Waals surface area contributed by atoms with E-state index < -0.39 is 4.92 Å². The van der Waals surface area contributed by atoms with E-state index in [0.717, 1.165) is 13.1 Å². The van der Waals surface area contributed by atoms with Gasteiger partial charge < -0.3 is 10.1 Å². The van der Waals surface area contributed by atoms with Crippen LogP contribution in [-0.4, -0.2) is 23.6 Å². The lowest BCUT2D eigenvalue weighted by Crippen LogP contribution is -2.61. The summed E-state index contributed by atoms with van der Waals surface area (Å²) < 4.78 is 6.36. The topological polar surface area (TPSA) is 64.4 Å². The second kappa shape index (κ2) is 4.03. The Labute approximate surface area is 101 Å². The highest BCUT2D eigenvalue weighted by molar-refractivity contribution is 9.10. The maximum absolute atomic E-state index is 10.7. The predicted octanol–water partition coefficient (Wildman–Crippen LogP) is 2.10. The number of nitro groups is 1. The molecule has 16 heavy (non-hydrogen) atoms. The summed E-state index contributed by atoms with van der Waals surface area (Å²) in [5, 5.41) is 13.8. The molecule has 2 rings (SSSR count). The third kappa shape index (κ3) is 2.33. The number of ether oxygens (including phenoxy) is 1. The second-order valence-corrected chi connectivity index (χ2v) is 4.97. The fraction of sp³-hybridized carbons (Fsp3) is 0.400. The first-order chi connectivity index (χ1) is 7.48. The van der Waals surface area contributed by atoms with Gasteiger partial charge >= 0.3 is 0 Å². The van der Waals surface area contributed by atoms with E-state index in [2.05, 4.69) is 21.2 Å². The molecule has 0 spiro atoms. The first-order valence-corrected chi connectivity index (χ1v) is 5.63. The monoisotopic (exact) mass is 286 g/mol. The molecule has 1 aromatic rings. The smallest absolute Gasteiger partial charge is 0.274 e. The highest BCUT2D eigenvalue weighted by Crippen LogP contribution is 2.29. The van der Waals surface area contributed by atoms with Gasteiger partial charge in [0.25, 0.3) is 5.69 Å². The molecule has 1 aliphatic heterocycles. The normalized spacial score (nSPS) is 17.6. The van der Waals surface area contributed by atoms with Crippen LogP contribution >= 0.6 is 15.9 Å². The molecule has 0 radical (unpaired) electrons. The summed E-state index contributed by atoms with van der Waals surface area (Å²) in [5.41, 5.74) is -0.227. The summed E-state index contributed by atoms with van der Waals surface area (Å²) in [6, 6.07) is 4.62. The number of non-ortho nitro benzene ring substituents is 1. The van der Waals surface area contributed by atoms with Gasteiger partial charge in [-0.15, -0.1) is 0 Å². The first kappa shape index (κ1) is 11.3. The van der Waals surface area contributed by atoms with Gasteiger partial charge in [0.05, 0.1) is 11.0 Å². The summed E-state index contributed by atoms with van der Waals surface area (Å²) in [7, 11) is 0. The zero-order valence-corrected chi connectivity index (χ0v) is 10.3. The molecule has 1 aliphatic rings. The van der Waals surface area contributed by atoms with Gasteiger partial charge in [-0.25, -0.2) is 0 Å². The summed E-state index contributed by atoms with van der Waals surface area (Å²) in [4.78, 5) is 10.2. The van der Waals surface area contributed by atoms with Crippen LogP contribution in [0.3, 0.4) is 0 Å². The Hall–Kier alpha value is -1.14. The molecule has 0 saturated carbocycles. The lowest BCUT2D eigenvalue weighted by molar-refractivity contribution is -0.385. The van der Waals surface area contributed by atoms with Gasteiger partial charge in [-0.3, -0.25) is 10.1 Å². The van der Waals surface area contributed by atoms with E-state index in [9.17, 15) is 10.1 Å². The Morgan fingerprint density at radius 3 is 2.69 bits per heavy atom. The lowest BCUT2D eigenvalue weighted by atomic mass is 10.00. The third-order valence-corrected chi connectivity index (χ3v) is 2.89. The molecule has 0 amide bonds. The summed E-state index contributed by atoms with van der Waals surface area (Å²) >= 11 is 3.23. The maximum Gasteiger partial charge on any atom is 0.274 e. The van der Waals surface area contributed by atoms with Crippen LogP contribution in [-0.2, 0) is 0 Å². The van der Waals surface area contributed by atoms with E-state index in [1.54, 1.807) is 6.07 Å². The average molecular weight is 287 g/mol. The molecule has 0 bridgehead atoms. The Balaban J connectivity index is 2.23. The van der Waals surface area contributed by atoms with Crippen LogP contribution in [0.15, 0.2) is 22.7 Å². The molecule has 1 N–H and O–H groups in total. The molecule has 0 atom stereocenters. The number of nitro benzene ring substituents is 1. The molecule has 1 saturated heterocycles. The standard InChI is InChI=1S/C10H11BrN2O3/c1-10(5-12-6-10)16-9-3-7(11)2-8(4-9)13(14)15/h2-4,12H,5-6H2,1H3. The van der Waals surface area contributed by atoms with Crippen molar-refractivity contribution in [3.63, 3.8) is 0 Å². The van der Waals surface area contributed by atoms with Gasteiger partial charge in [0.1, 0.15) is 11.4 Å². The largest absolute Gasteiger partial charge is 0.485 e. The Kier molecular flexibility index (Phi) is 2.86. The van der Waals surface area contributed by atoms with Gasteiger partial charge in [-0.1, -0.05) is 15.9 Å². The summed E-state index contributed by atoms with van der Waals surface area (Å²) in [6.07, 6.45) is 0. The van der Waals surface area contributed by atoms with Crippen LogP contribution in [0.4, 0.5) is 5.69 Å². The molecule has 1 aromatic carbocycles. The number of hydrogen-bond acceptors (Lipinski definition) is 4. The van der Waals surface area contributed by atoms with E-state index in [1.807, 2.05) is 6.92 Å². The quantitative estimate of drug-likeness (QED) is 0.683. The minimum absolute atomic E-state index is 0.0280. The summed E-state index contributed by atoms with van der Waals surface area (Å²) in [6.45, 7) is 3.48. The van der Waals surface area contributed by atoms with Crippen molar-refractivity contribution in [3.05, 3.63) is 32.8 Å². The minimum atomic E-state index is -0.432. The molecule has 0 aromatic heterocycles. The van der Waals surface area contributed by atoms with Crippen molar-refractivity contribution in [2.75, 3.05) is 13.1 Å². The van der Waals surface area contributed by atoms with E-state index >= 15 is 0 Å². The Morgan fingerprint density at radius 2 is 2.19 bits per heavy atom. The zero-order valence-electron chi connectivity index (χ0n) is 8.70. The molecular formula is C10H11BrN2O3. The highest BCUT2D eigenvalue weighted by atomic mass is 79.9. The number of hydrogen-bond donors (Lipinski definition) is 1. The number of halogens is 1. The zero-order chi connectivity index (χ0) is 11.8. The fourth-order valence-corrected chi connectivity index (χ4v) is 2.01. The molecule has 0 aliphatic carbocycles.